The summed E-state index contributed by atoms with van der Waals surface area (Å²) in [6.45, 7) is 0. The van der Waals surface area contributed by atoms with Crippen LogP contribution in [0.5, 0.6) is 0 Å². The van der Waals surface area contributed by atoms with Crippen molar-refractivity contribution in [3.8, 4) is 0 Å². The Balaban J connectivity index is 1.89. The predicted octanol–water partition coefficient (Wildman–Crippen LogP) is 2.85. The highest BCUT2D eigenvalue weighted by Crippen LogP contribution is 2.38. The second kappa shape index (κ2) is 5.33. The minimum absolute atomic E-state index is 0.185. The van der Waals surface area contributed by atoms with Gasteiger partial charge in [0.15, 0.2) is 0 Å². The normalized spacial score (nSPS) is 14.0. The molecule has 1 saturated carbocycles. The summed E-state index contributed by atoms with van der Waals surface area (Å²) >= 11 is 3.31. The summed E-state index contributed by atoms with van der Waals surface area (Å²) in [5, 5.41) is 12.0. The lowest BCUT2D eigenvalue weighted by Gasteiger charge is -2.09. The monoisotopic (exact) mass is 349 g/mol. The molecule has 0 atom stereocenters. The maximum absolute atomic E-state index is 11.6. The van der Waals surface area contributed by atoms with Gasteiger partial charge in [-0.05, 0) is 47.0 Å². The number of carboxylic acid groups (broad SMARTS) is 1. The molecule has 0 bridgehead atoms. The molecule has 1 aliphatic rings. The van der Waals surface area contributed by atoms with Gasteiger partial charge in [-0.25, -0.2) is 9.78 Å². The summed E-state index contributed by atoms with van der Waals surface area (Å²) in [6, 6.07) is 6.00. The van der Waals surface area contributed by atoms with Crippen molar-refractivity contribution in [1.29, 1.82) is 0 Å². The molecule has 1 aromatic heterocycles. The number of nitrogens with zero attached hydrogens (tertiary/aromatic N) is 1. The summed E-state index contributed by atoms with van der Waals surface area (Å²) in [5.41, 5.74) is 0.637. The maximum Gasteiger partial charge on any atom is 0.335 e. The number of nitrogens with one attached hydrogen (secondary N) is 2. The van der Waals surface area contributed by atoms with E-state index < -0.39 is 5.97 Å². The van der Waals surface area contributed by atoms with Crippen molar-refractivity contribution < 1.29 is 9.90 Å². The third-order valence-corrected chi connectivity index (χ3v) is 3.86. The summed E-state index contributed by atoms with van der Waals surface area (Å²) < 4.78 is 0.595. The minimum atomic E-state index is -0.993. The molecular weight excluding hydrogens is 338 g/mol. The van der Waals surface area contributed by atoms with Crippen LogP contribution in [0.3, 0.4) is 0 Å². The zero-order valence-corrected chi connectivity index (χ0v) is 12.5. The van der Waals surface area contributed by atoms with Crippen LogP contribution in [0.1, 0.15) is 34.9 Å². The molecule has 0 spiro atoms. The van der Waals surface area contributed by atoms with Crippen LogP contribution in [0.4, 0.5) is 11.5 Å². The Bertz CT molecular complexity index is 768. The molecule has 21 heavy (non-hydrogen) atoms. The highest BCUT2D eigenvalue weighted by Gasteiger charge is 2.26. The summed E-state index contributed by atoms with van der Waals surface area (Å²) in [6.07, 6.45) is 2.09. The Morgan fingerprint density at radius 3 is 2.76 bits per heavy atom. The Hall–Kier alpha value is -2.15. The van der Waals surface area contributed by atoms with E-state index in [0.717, 1.165) is 12.8 Å². The number of anilines is 2. The largest absolute Gasteiger partial charge is 0.478 e. The van der Waals surface area contributed by atoms with E-state index in [4.69, 9.17) is 5.11 Å². The lowest BCUT2D eigenvalue weighted by molar-refractivity contribution is 0.0697. The first-order valence-electron chi connectivity index (χ1n) is 6.44. The SMILES string of the molecule is O=C(O)c1ccc(Nc2cc(=O)[nH]c(C3CC3)n2)c(Br)c1. The van der Waals surface area contributed by atoms with Crippen LogP contribution in [0, 0.1) is 0 Å². The average Bonchev–Trinajstić information content (AvgIpc) is 3.24. The van der Waals surface area contributed by atoms with Crippen LogP contribution >= 0.6 is 15.9 Å². The van der Waals surface area contributed by atoms with Crippen molar-refractivity contribution in [3.05, 3.63) is 50.5 Å². The standard InChI is InChI=1S/C14H12BrN3O3/c15-9-5-8(14(20)21)3-4-10(9)16-11-6-12(19)18-13(17-11)7-1-2-7/h3-7H,1-2H2,(H,20,21)(H2,16,17,18,19). The molecule has 2 aromatic rings. The number of H-pyrrole nitrogens is 1. The third-order valence-electron chi connectivity index (χ3n) is 3.20. The van der Waals surface area contributed by atoms with Crippen LogP contribution in [0.25, 0.3) is 0 Å². The van der Waals surface area contributed by atoms with E-state index in [1.165, 1.54) is 18.2 Å². The number of halogens is 1. The molecule has 0 amide bonds. The van der Waals surface area contributed by atoms with Gasteiger partial charge in [0, 0.05) is 16.5 Å². The van der Waals surface area contributed by atoms with E-state index in [1.807, 2.05) is 0 Å². The highest BCUT2D eigenvalue weighted by atomic mass is 79.9. The Morgan fingerprint density at radius 2 is 2.14 bits per heavy atom. The molecule has 0 unspecified atom stereocenters. The zero-order valence-electron chi connectivity index (χ0n) is 10.9. The van der Waals surface area contributed by atoms with E-state index in [9.17, 15) is 9.59 Å². The molecule has 1 aliphatic carbocycles. The average molecular weight is 350 g/mol. The molecular formula is C14H12BrN3O3. The first-order valence-corrected chi connectivity index (χ1v) is 7.23. The fourth-order valence-corrected chi connectivity index (χ4v) is 2.46. The number of rotatable bonds is 4. The van der Waals surface area contributed by atoms with Gasteiger partial charge in [0.05, 0.1) is 11.3 Å². The number of aromatic carboxylic acids is 1. The van der Waals surface area contributed by atoms with Gasteiger partial charge in [-0.15, -0.1) is 0 Å². The van der Waals surface area contributed by atoms with Crippen molar-refractivity contribution in [2.45, 2.75) is 18.8 Å². The number of benzene rings is 1. The molecule has 0 saturated heterocycles. The molecule has 1 fully saturated rings. The Kier molecular flexibility index (Phi) is 3.50. The molecule has 3 rings (SSSR count). The van der Waals surface area contributed by atoms with Crippen molar-refractivity contribution in [1.82, 2.24) is 9.97 Å². The fourth-order valence-electron chi connectivity index (χ4n) is 1.98. The van der Waals surface area contributed by atoms with Crippen LogP contribution < -0.4 is 10.9 Å². The second-order valence-corrected chi connectivity index (χ2v) is 5.77. The van der Waals surface area contributed by atoms with Gasteiger partial charge in [-0.1, -0.05) is 0 Å². The molecule has 7 heteroatoms. The van der Waals surface area contributed by atoms with E-state index >= 15 is 0 Å². The smallest absolute Gasteiger partial charge is 0.335 e. The van der Waals surface area contributed by atoms with Gasteiger partial charge < -0.3 is 15.4 Å². The van der Waals surface area contributed by atoms with Gasteiger partial charge >= 0.3 is 5.97 Å². The van der Waals surface area contributed by atoms with E-state index in [1.54, 1.807) is 6.07 Å². The first kappa shape index (κ1) is 13.8. The number of hydrogen-bond acceptors (Lipinski definition) is 4. The molecule has 1 heterocycles. The van der Waals surface area contributed by atoms with Gasteiger partial charge in [0.1, 0.15) is 11.6 Å². The molecule has 0 aliphatic heterocycles. The molecule has 1 aromatic carbocycles. The van der Waals surface area contributed by atoms with Crippen LogP contribution in [0.15, 0.2) is 33.5 Å². The van der Waals surface area contributed by atoms with Crippen molar-refractivity contribution >= 4 is 33.4 Å². The van der Waals surface area contributed by atoms with Gasteiger partial charge in [0.2, 0.25) is 0 Å². The maximum atomic E-state index is 11.6. The quantitative estimate of drug-likeness (QED) is 0.788. The van der Waals surface area contributed by atoms with E-state index in [2.05, 4.69) is 31.2 Å². The zero-order chi connectivity index (χ0) is 15.0. The van der Waals surface area contributed by atoms with Crippen LogP contribution in [0.2, 0.25) is 0 Å². The third kappa shape index (κ3) is 3.13. The van der Waals surface area contributed by atoms with Crippen molar-refractivity contribution in [3.63, 3.8) is 0 Å². The minimum Gasteiger partial charge on any atom is -0.478 e. The fraction of sp³-hybridized carbons (Fsp3) is 0.214. The molecule has 6 nitrogen and oxygen atoms in total. The van der Waals surface area contributed by atoms with Crippen LogP contribution in [-0.4, -0.2) is 21.0 Å². The lowest BCUT2D eigenvalue weighted by Crippen LogP contribution is -2.11. The molecule has 0 radical (unpaired) electrons. The Morgan fingerprint density at radius 1 is 1.38 bits per heavy atom. The number of hydrogen-bond donors (Lipinski definition) is 3. The first-order chi connectivity index (χ1) is 10.0. The number of carbonyl (C=O) groups is 1. The number of aromatic amines is 1. The topological polar surface area (TPSA) is 95.1 Å². The summed E-state index contributed by atoms with van der Waals surface area (Å²) in [7, 11) is 0. The molecule has 108 valence electrons. The van der Waals surface area contributed by atoms with Crippen molar-refractivity contribution in [2.75, 3.05) is 5.32 Å². The molecule has 3 N–H and O–H groups in total. The highest BCUT2D eigenvalue weighted by molar-refractivity contribution is 9.10. The van der Waals surface area contributed by atoms with Gasteiger partial charge in [-0.3, -0.25) is 4.79 Å². The van der Waals surface area contributed by atoms with E-state index in [-0.39, 0.29) is 11.1 Å². The van der Waals surface area contributed by atoms with Gasteiger partial charge in [-0.2, -0.15) is 0 Å². The Labute approximate surface area is 128 Å². The van der Waals surface area contributed by atoms with Crippen LogP contribution in [-0.2, 0) is 0 Å². The number of aromatic nitrogens is 2. The van der Waals surface area contributed by atoms with E-state index in [0.29, 0.717) is 27.7 Å². The summed E-state index contributed by atoms with van der Waals surface area (Å²) in [4.78, 5) is 29.7. The summed E-state index contributed by atoms with van der Waals surface area (Å²) in [5.74, 6) is 0.498. The lowest BCUT2D eigenvalue weighted by atomic mass is 10.2. The van der Waals surface area contributed by atoms with Crippen molar-refractivity contribution in [2.24, 2.45) is 0 Å². The number of carboxylic acids is 1. The van der Waals surface area contributed by atoms with Gasteiger partial charge in [0.25, 0.3) is 5.56 Å². The predicted molar refractivity (Wildman–Crippen MR) is 81.2 cm³/mol. The second-order valence-electron chi connectivity index (χ2n) is 4.91.